The second-order valence-corrected chi connectivity index (χ2v) is 7.13. The fraction of sp³-hybridized carbons (Fsp3) is 0.182. The molecule has 0 aliphatic rings. The Morgan fingerprint density at radius 3 is 2.30 bits per heavy atom. The molecule has 1 unspecified atom stereocenters. The first-order valence-corrected chi connectivity index (χ1v) is 9.57. The molecule has 1 heterocycles. The fourth-order valence-corrected chi connectivity index (χ4v) is 3.62. The van der Waals surface area contributed by atoms with Crippen LogP contribution >= 0.6 is 11.3 Å². The van der Waals surface area contributed by atoms with E-state index in [1.54, 1.807) is 0 Å². The number of amides is 1. The first-order chi connectivity index (χ1) is 13.2. The summed E-state index contributed by atoms with van der Waals surface area (Å²) in [5.41, 5.74) is 3.18. The highest BCUT2D eigenvalue weighted by Crippen LogP contribution is 2.23. The van der Waals surface area contributed by atoms with Crippen LogP contribution < -0.4 is 5.32 Å². The van der Waals surface area contributed by atoms with Gasteiger partial charge in [-0.1, -0.05) is 60.7 Å². The van der Waals surface area contributed by atoms with Gasteiger partial charge in [-0.05, 0) is 28.1 Å². The summed E-state index contributed by atoms with van der Waals surface area (Å²) < 4.78 is 4.75. The molecular formula is C22H21NO3S. The lowest BCUT2D eigenvalue weighted by atomic mass is 10.0. The van der Waals surface area contributed by atoms with Gasteiger partial charge < -0.3 is 10.1 Å². The summed E-state index contributed by atoms with van der Waals surface area (Å²) in [6.45, 7) is 0. The van der Waals surface area contributed by atoms with E-state index in [2.05, 4.69) is 17.4 Å². The lowest BCUT2D eigenvalue weighted by Crippen LogP contribution is -2.31. The van der Waals surface area contributed by atoms with Crippen LogP contribution in [0.25, 0.3) is 11.1 Å². The smallest absolute Gasteiger partial charge is 0.307 e. The molecular weight excluding hydrogens is 358 g/mol. The number of thiophene rings is 1. The lowest BCUT2D eigenvalue weighted by molar-refractivity contribution is -0.141. The molecule has 0 spiro atoms. The van der Waals surface area contributed by atoms with Gasteiger partial charge in [-0.3, -0.25) is 9.59 Å². The van der Waals surface area contributed by atoms with E-state index in [1.165, 1.54) is 18.4 Å². The van der Waals surface area contributed by atoms with Crippen LogP contribution in [0.2, 0.25) is 0 Å². The molecule has 1 atom stereocenters. The number of carbonyl (C=O) groups is 2. The third-order valence-corrected chi connectivity index (χ3v) is 5.23. The van der Waals surface area contributed by atoms with Gasteiger partial charge in [0.1, 0.15) is 0 Å². The second-order valence-electron chi connectivity index (χ2n) is 6.16. The van der Waals surface area contributed by atoms with Crippen LogP contribution in [0.4, 0.5) is 0 Å². The molecule has 2 aromatic carbocycles. The summed E-state index contributed by atoms with van der Waals surface area (Å²) >= 11 is 1.51. The summed E-state index contributed by atoms with van der Waals surface area (Å²) in [6.07, 6.45) is 0.383. The van der Waals surface area contributed by atoms with E-state index < -0.39 is 0 Å². The highest BCUT2D eigenvalue weighted by molar-refractivity contribution is 7.10. The van der Waals surface area contributed by atoms with Crippen molar-refractivity contribution in [2.75, 3.05) is 7.11 Å². The molecule has 3 rings (SSSR count). The number of benzene rings is 2. The summed E-state index contributed by atoms with van der Waals surface area (Å²) in [4.78, 5) is 25.1. The van der Waals surface area contributed by atoms with Crippen molar-refractivity contribution in [1.82, 2.24) is 5.32 Å². The van der Waals surface area contributed by atoms with Gasteiger partial charge in [0.05, 0.1) is 26.0 Å². The van der Waals surface area contributed by atoms with E-state index in [-0.39, 0.29) is 30.8 Å². The molecule has 0 aliphatic carbocycles. The molecule has 1 N–H and O–H groups in total. The predicted octanol–water partition coefficient (Wildman–Crippen LogP) is 4.38. The quantitative estimate of drug-likeness (QED) is 0.620. The summed E-state index contributed by atoms with van der Waals surface area (Å²) in [5, 5.41) is 4.87. The van der Waals surface area contributed by atoms with Gasteiger partial charge in [0.15, 0.2) is 0 Å². The predicted molar refractivity (Wildman–Crippen MR) is 107 cm³/mol. The average Bonchev–Trinajstić information content (AvgIpc) is 3.23. The Hall–Kier alpha value is -2.92. The highest BCUT2D eigenvalue weighted by Gasteiger charge is 2.20. The van der Waals surface area contributed by atoms with Crippen molar-refractivity contribution in [2.24, 2.45) is 0 Å². The molecule has 0 saturated carbocycles. The van der Waals surface area contributed by atoms with Crippen molar-refractivity contribution in [3.63, 3.8) is 0 Å². The lowest BCUT2D eigenvalue weighted by Gasteiger charge is -2.16. The number of hydrogen-bond donors (Lipinski definition) is 1. The third-order valence-electron chi connectivity index (χ3n) is 4.25. The summed E-state index contributed by atoms with van der Waals surface area (Å²) in [5.74, 6) is -0.467. The van der Waals surface area contributed by atoms with Crippen LogP contribution in [0, 0.1) is 0 Å². The van der Waals surface area contributed by atoms with Crippen molar-refractivity contribution in [2.45, 2.75) is 18.9 Å². The minimum absolute atomic E-state index is 0.121. The highest BCUT2D eigenvalue weighted by atomic mass is 32.1. The van der Waals surface area contributed by atoms with Crippen molar-refractivity contribution in [3.8, 4) is 11.1 Å². The molecule has 0 bridgehead atoms. The summed E-state index contributed by atoms with van der Waals surface area (Å²) in [7, 11) is 1.35. The normalized spacial score (nSPS) is 11.6. The monoisotopic (exact) mass is 379 g/mol. The van der Waals surface area contributed by atoms with Crippen LogP contribution in [0.5, 0.6) is 0 Å². The zero-order valence-electron chi connectivity index (χ0n) is 15.1. The molecule has 0 aliphatic heterocycles. The maximum Gasteiger partial charge on any atom is 0.307 e. The van der Waals surface area contributed by atoms with E-state index >= 15 is 0 Å². The van der Waals surface area contributed by atoms with Crippen LogP contribution in [0.1, 0.15) is 22.9 Å². The van der Waals surface area contributed by atoms with E-state index in [0.717, 1.165) is 21.6 Å². The topological polar surface area (TPSA) is 55.4 Å². The third kappa shape index (κ3) is 5.28. The minimum Gasteiger partial charge on any atom is -0.469 e. The molecule has 4 nitrogen and oxygen atoms in total. The zero-order chi connectivity index (χ0) is 19.1. The Morgan fingerprint density at radius 2 is 1.67 bits per heavy atom. The maximum absolute atomic E-state index is 12.5. The van der Waals surface area contributed by atoms with Crippen molar-refractivity contribution >= 4 is 23.2 Å². The number of carbonyl (C=O) groups excluding carboxylic acids is 2. The molecule has 1 amide bonds. The molecule has 0 saturated heterocycles. The molecule has 27 heavy (non-hydrogen) atoms. The number of nitrogens with one attached hydrogen (secondary N) is 1. The Labute approximate surface area is 162 Å². The number of hydrogen-bond acceptors (Lipinski definition) is 4. The number of rotatable bonds is 7. The van der Waals surface area contributed by atoms with E-state index in [9.17, 15) is 9.59 Å². The van der Waals surface area contributed by atoms with Gasteiger partial charge in [-0.25, -0.2) is 0 Å². The van der Waals surface area contributed by atoms with E-state index in [0.29, 0.717) is 0 Å². The number of esters is 1. The van der Waals surface area contributed by atoms with Crippen LogP contribution in [-0.4, -0.2) is 19.0 Å². The van der Waals surface area contributed by atoms with Gasteiger partial charge in [0.25, 0.3) is 0 Å². The second kappa shape index (κ2) is 9.14. The van der Waals surface area contributed by atoms with Gasteiger partial charge in [-0.15, -0.1) is 11.3 Å². The standard InChI is InChI=1S/C22H21NO3S/c1-26-22(25)15-19(20-8-5-13-27-20)23-21(24)14-16-9-11-18(12-10-16)17-6-3-2-4-7-17/h2-13,19H,14-15H2,1H3,(H,23,24). The minimum atomic E-state index is -0.367. The molecule has 138 valence electrons. The largest absolute Gasteiger partial charge is 0.469 e. The Morgan fingerprint density at radius 1 is 0.963 bits per heavy atom. The van der Waals surface area contributed by atoms with Crippen molar-refractivity contribution < 1.29 is 14.3 Å². The van der Waals surface area contributed by atoms with Crippen molar-refractivity contribution in [1.29, 1.82) is 0 Å². The van der Waals surface area contributed by atoms with E-state index in [1.807, 2.05) is 60.0 Å². The van der Waals surface area contributed by atoms with E-state index in [4.69, 9.17) is 4.74 Å². The molecule has 1 aromatic heterocycles. The Kier molecular flexibility index (Phi) is 6.39. The zero-order valence-corrected chi connectivity index (χ0v) is 15.9. The van der Waals surface area contributed by atoms with Crippen LogP contribution in [-0.2, 0) is 20.7 Å². The molecule has 0 fully saturated rings. The SMILES string of the molecule is COC(=O)CC(NC(=O)Cc1ccc(-c2ccccc2)cc1)c1cccs1. The van der Waals surface area contributed by atoms with Crippen LogP contribution in [0.15, 0.2) is 72.1 Å². The van der Waals surface area contributed by atoms with Crippen LogP contribution in [0.3, 0.4) is 0 Å². The number of ether oxygens (including phenoxy) is 1. The van der Waals surface area contributed by atoms with Crippen molar-refractivity contribution in [3.05, 3.63) is 82.6 Å². The van der Waals surface area contributed by atoms with Gasteiger partial charge in [0.2, 0.25) is 5.91 Å². The molecule has 0 radical (unpaired) electrons. The Bertz CT molecular complexity index is 874. The molecule has 3 aromatic rings. The first kappa shape index (κ1) is 18.9. The Balaban J connectivity index is 1.64. The maximum atomic E-state index is 12.5. The first-order valence-electron chi connectivity index (χ1n) is 8.69. The fourth-order valence-electron chi connectivity index (χ4n) is 2.84. The van der Waals surface area contributed by atoms with Gasteiger partial charge in [-0.2, -0.15) is 0 Å². The summed E-state index contributed by atoms with van der Waals surface area (Å²) in [6, 6.07) is 21.5. The number of methoxy groups -OCH3 is 1. The average molecular weight is 379 g/mol. The van der Waals surface area contributed by atoms with Gasteiger partial charge in [0, 0.05) is 4.88 Å². The van der Waals surface area contributed by atoms with Gasteiger partial charge >= 0.3 is 5.97 Å². The molecule has 5 heteroatoms.